The Kier molecular flexibility index (Phi) is 14.3. The van der Waals surface area contributed by atoms with Crippen LogP contribution in [0.1, 0.15) is 49.6 Å². The van der Waals surface area contributed by atoms with Gasteiger partial charge in [0.05, 0.1) is 36.3 Å². The van der Waals surface area contributed by atoms with Crippen LogP contribution in [0.3, 0.4) is 0 Å². The largest absolute Gasteiger partial charge is 0.437 e. The summed E-state index contributed by atoms with van der Waals surface area (Å²) in [4.78, 5) is 21.0. The molecule has 0 spiro atoms. The van der Waals surface area contributed by atoms with Gasteiger partial charge in [-0.25, -0.2) is 22.7 Å². The highest BCUT2D eigenvalue weighted by Crippen LogP contribution is 2.54. The fraction of sp³-hybridized carbons (Fsp3) is 0.588. The lowest BCUT2D eigenvalue weighted by Gasteiger charge is -2.21. The summed E-state index contributed by atoms with van der Waals surface area (Å²) < 4.78 is 41.4. The van der Waals surface area contributed by atoms with Gasteiger partial charge in [-0.2, -0.15) is 0 Å². The van der Waals surface area contributed by atoms with E-state index in [1.165, 1.54) is 7.05 Å². The molecule has 33 heavy (non-hydrogen) atoms. The number of aromatic nitrogens is 2. The van der Waals surface area contributed by atoms with Crippen LogP contribution in [0.15, 0.2) is 6.08 Å². The van der Waals surface area contributed by atoms with Crippen LogP contribution in [-0.4, -0.2) is 49.9 Å². The van der Waals surface area contributed by atoms with Gasteiger partial charge in [0, 0.05) is 37.0 Å². The van der Waals surface area contributed by atoms with Gasteiger partial charge in [0.25, 0.3) is 0 Å². The first kappa shape index (κ1) is 31.6. The lowest BCUT2D eigenvalue weighted by Crippen LogP contribution is -2.27. The highest BCUT2D eigenvalue weighted by molar-refractivity contribution is 8.41. The Morgan fingerprint density at radius 1 is 1.30 bits per heavy atom. The Labute approximate surface area is 209 Å². The summed E-state index contributed by atoms with van der Waals surface area (Å²) in [6, 6.07) is 0. The van der Waals surface area contributed by atoms with E-state index in [9.17, 15) is 13.2 Å². The number of carbonyl (C=O) groups is 1. The Hall–Kier alpha value is 0.540. The van der Waals surface area contributed by atoms with Crippen LogP contribution in [0.25, 0.3) is 6.08 Å². The quantitative estimate of drug-likeness (QED) is 0.307. The molecular weight excluding hydrogens is 560 g/mol. The molecular formula is C17H33N3O6P6S. The van der Waals surface area contributed by atoms with E-state index in [-0.39, 0.29) is 45.0 Å². The molecule has 0 N–H and O–H groups in total. The summed E-state index contributed by atoms with van der Waals surface area (Å²) in [5.41, 5.74) is 2.17. The number of carbonyl (C=O) groups excluding carboxylic acids is 1. The number of rotatable bonds is 13. The maximum Gasteiger partial charge on any atom is 0.311 e. The Morgan fingerprint density at radius 2 is 1.94 bits per heavy atom. The second kappa shape index (κ2) is 14.9. The van der Waals surface area contributed by atoms with Crippen molar-refractivity contribution in [3.05, 3.63) is 23.0 Å². The molecule has 0 saturated heterocycles. The van der Waals surface area contributed by atoms with Gasteiger partial charge in [0.15, 0.2) is 0 Å². The molecule has 1 heterocycles. The summed E-state index contributed by atoms with van der Waals surface area (Å²) in [6.45, 7) is 5.77. The molecule has 16 heteroatoms. The second-order valence-electron chi connectivity index (χ2n) is 7.45. The molecule has 1 rings (SSSR count). The fourth-order valence-electron chi connectivity index (χ4n) is 2.78. The van der Waals surface area contributed by atoms with Crippen LogP contribution in [-0.2, 0) is 28.4 Å². The van der Waals surface area contributed by atoms with Crippen molar-refractivity contribution in [2.24, 2.45) is 0 Å². The number of hydrogen-bond donors (Lipinski definition) is 0. The fourth-order valence-corrected chi connectivity index (χ4v) is 5.32. The normalized spacial score (nSPS) is 14.5. The summed E-state index contributed by atoms with van der Waals surface area (Å²) in [6.07, 6.45) is 4.66. The molecule has 0 aliphatic carbocycles. The first-order valence-electron chi connectivity index (χ1n) is 9.77. The summed E-state index contributed by atoms with van der Waals surface area (Å²) in [5, 5.41) is 0. The van der Waals surface area contributed by atoms with Crippen LogP contribution in [0.5, 0.6) is 0 Å². The maximum atomic E-state index is 12.1. The van der Waals surface area contributed by atoms with Gasteiger partial charge in [-0.05, 0) is 12.8 Å². The summed E-state index contributed by atoms with van der Waals surface area (Å²) in [7, 11) is 6.79. The van der Waals surface area contributed by atoms with Crippen molar-refractivity contribution in [1.82, 2.24) is 9.97 Å². The number of hydrogen-bond acceptors (Lipinski definition) is 8. The maximum absolute atomic E-state index is 12.1. The van der Waals surface area contributed by atoms with Gasteiger partial charge in [-0.1, -0.05) is 52.8 Å². The predicted octanol–water partition coefficient (Wildman–Crippen LogP) is 4.56. The first-order chi connectivity index (χ1) is 15.3. The molecule has 7 atom stereocenters. The van der Waals surface area contributed by atoms with Crippen molar-refractivity contribution in [1.29, 1.82) is 0 Å². The van der Waals surface area contributed by atoms with Crippen LogP contribution < -0.4 is 4.31 Å². The molecule has 1 aromatic rings. The molecule has 0 aliphatic rings. The molecule has 0 saturated carbocycles. The standard InChI is InChI=1S/C17H33N3O6P6S/c1-10(2)16-14(11(3)18-17(19-16)20(4)33(5,22)23)7-6-12(24-27)8-13(25-31-28)9-15(21)26-32(29)30/h6-7,10,12-13,31H,8-9,27-30H2,1-5H3/b7-6+/t12-,13-/m1/s1. The average Bonchev–Trinajstić information content (AvgIpc) is 2.69. The zero-order valence-electron chi connectivity index (χ0n) is 19.3. The van der Waals surface area contributed by atoms with E-state index in [4.69, 9.17) is 13.6 Å². The Balaban J connectivity index is 3.16. The van der Waals surface area contributed by atoms with Crippen LogP contribution in [0, 0.1) is 6.92 Å². The summed E-state index contributed by atoms with van der Waals surface area (Å²) in [5.74, 6) is -0.166. The van der Waals surface area contributed by atoms with Crippen molar-refractivity contribution in [2.75, 3.05) is 17.6 Å². The predicted molar refractivity (Wildman–Crippen MR) is 152 cm³/mol. The van der Waals surface area contributed by atoms with Gasteiger partial charge in [0.2, 0.25) is 16.0 Å². The molecule has 188 valence electrons. The van der Waals surface area contributed by atoms with Crippen molar-refractivity contribution < 1.29 is 26.8 Å². The molecule has 0 bridgehead atoms. The lowest BCUT2D eigenvalue weighted by molar-refractivity contribution is -0.135. The van der Waals surface area contributed by atoms with Gasteiger partial charge in [-0.15, -0.1) is 0 Å². The molecule has 0 radical (unpaired) electrons. The van der Waals surface area contributed by atoms with E-state index in [1.807, 2.05) is 32.9 Å². The third-order valence-electron chi connectivity index (χ3n) is 4.46. The van der Waals surface area contributed by atoms with Crippen LogP contribution in [0.2, 0.25) is 0 Å². The zero-order valence-corrected chi connectivity index (χ0v) is 26.6. The zero-order chi connectivity index (χ0) is 25.3. The SMILES string of the molecule is Cc1nc(N(C)S(C)(=O)=O)nc(C(C)C)c1/C=C/[C@H](C[C@H](CC(=O)OP(P)P)OPP)OP. The van der Waals surface area contributed by atoms with E-state index >= 15 is 0 Å². The van der Waals surface area contributed by atoms with Crippen molar-refractivity contribution >= 4 is 80.3 Å². The lowest BCUT2D eigenvalue weighted by atomic mass is 10.0. The molecule has 5 unspecified atom stereocenters. The minimum Gasteiger partial charge on any atom is -0.437 e. The van der Waals surface area contributed by atoms with E-state index in [0.29, 0.717) is 12.1 Å². The van der Waals surface area contributed by atoms with E-state index in [0.717, 1.165) is 21.8 Å². The molecule has 9 nitrogen and oxygen atoms in total. The van der Waals surface area contributed by atoms with Gasteiger partial charge in [-0.3, -0.25) is 4.79 Å². The highest BCUT2D eigenvalue weighted by Gasteiger charge is 2.22. The van der Waals surface area contributed by atoms with Gasteiger partial charge in [0.1, 0.15) is 7.53 Å². The second-order valence-corrected chi connectivity index (χ2v) is 16.7. The molecule has 0 aliphatic heterocycles. The van der Waals surface area contributed by atoms with Crippen molar-refractivity contribution in [3.8, 4) is 0 Å². The summed E-state index contributed by atoms with van der Waals surface area (Å²) >= 11 is 0. The highest BCUT2D eigenvalue weighted by atomic mass is 32.4. The number of anilines is 1. The first-order valence-corrected chi connectivity index (χ1v) is 19.3. The molecule has 0 amide bonds. The van der Waals surface area contributed by atoms with Crippen molar-refractivity contribution in [2.45, 2.75) is 51.7 Å². The topological polar surface area (TPSA) is 108 Å². The van der Waals surface area contributed by atoms with Crippen LogP contribution >= 0.6 is 52.3 Å². The van der Waals surface area contributed by atoms with Gasteiger partial charge >= 0.3 is 5.97 Å². The third-order valence-corrected chi connectivity index (χ3v) is 7.90. The smallest absolute Gasteiger partial charge is 0.311 e. The Bertz CT molecular complexity index is 934. The number of nitrogens with zero attached hydrogens (tertiary/aromatic N) is 3. The number of sulfonamides is 1. The van der Waals surface area contributed by atoms with E-state index in [1.54, 1.807) is 0 Å². The minimum atomic E-state index is -3.48. The van der Waals surface area contributed by atoms with E-state index in [2.05, 4.69) is 46.2 Å². The third kappa shape index (κ3) is 11.0. The minimum absolute atomic E-state index is 0.0336. The van der Waals surface area contributed by atoms with Crippen LogP contribution in [0.4, 0.5) is 5.95 Å². The Morgan fingerprint density at radius 3 is 2.42 bits per heavy atom. The van der Waals surface area contributed by atoms with Gasteiger partial charge < -0.3 is 13.6 Å². The monoisotopic (exact) mass is 593 g/mol. The van der Waals surface area contributed by atoms with Crippen molar-refractivity contribution in [3.63, 3.8) is 0 Å². The van der Waals surface area contributed by atoms with E-state index < -0.39 is 17.5 Å². The molecule has 0 fully saturated rings. The average molecular weight is 593 g/mol. The molecule has 0 aromatic carbocycles. The number of aryl methyl sites for hydroxylation is 1. The molecule has 1 aromatic heterocycles.